The highest BCUT2D eigenvalue weighted by atomic mass is 127. The highest BCUT2D eigenvalue weighted by Crippen LogP contribution is 2.27. The molecule has 0 atom stereocenters. The van der Waals surface area contributed by atoms with E-state index in [9.17, 15) is 4.39 Å². The van der Waals surface area contributed by atoms with E-state index in [4.69, 9.17) is 10.5 Å². The minimum absolute atomic E-state index is 0.0714. The Morgan fingerprint density at radius 2 is 2.11 bits per heavy atom. The van der Waals surface area contributed by atoms with Gasteiger partial charge < -0.3 is 15.8 Å². The monoisotopic (exact) mass is 366 g/mol. The summed E-state index contributed by atoms with van der Waals surface area (Å²) in [5.41, 5.74) is 7.16. The van der Waals surface area contributed by atoms with Gasteiger partial charge in [-0.3, -0.25) is 0 Å². The van der Waals surface area contributed by atoms with E-state index in [1.165, 1.54) is 6.07 Å². The molecule has 0 spiro atoms. The molecule has 0 saturated heterocycles. The van der Waals surface area contributed by atoms with Crippen molar-refractivity contribution in [2.75, 3.05) is 31.3 Å². The van der Waals surface area contributed by atoms with E-state index >= 15 is 0 Å². The first kappa shape index (κ1) is 15.5. The van der Waals surface area contributed by atoms with Crippen molar-refractivity contribution in [2.45, 2.75) is 20.3 Å². The van der Waals surface area contributed by atoms with E-state index in [2.05, 4.69) is 19.2 Å². The zero-order valence-corrected chi connectivity index (χ0v) is 13.2. The van der Waals surface area contributed by atoms with Gasteiger partial charge in [-0.25, -0.2) is 4.39 Å². The molecular formula is C13H20FIN2O. The lowest BCUT2D eigenvalue weighted by Gasteiger charge is -2.25. The summed E-state index contributed by atoms with van der Waals surface area (Å²) >= 11 is 1.93. The van der Waals surface area contributed by atoms with E-state index in [0.717, 1.165) is 13.0 Å². The van der Waals surface area contributed by atoms with Crippen LogP contribution in [0.15, 0.2) is 12.1 Å². The summed E-state index contributed by atoms with van der Waals surface area (Å²) in [7, 11) is 1.69. The number of halogens is 2. The number of methoxy groups -OCH3 is 1. The van der Waals surface area contributed by atoms with Gasteiger partial charge in [0.15, 0.2) is 0 Å². The summed E-state index contributed by atoms with van der Waals surface area (Å²) in [5.74, 6) is -0.248. The number of nitrogens with one attached hydrogen (secondary N) is 1. The molecule has 0 aliphatic heterocycles. The molecule has 0 fully saturated rings. The van der Waals surface area contributed by atoms with Crippen molar-refractivity contribution < 1.29 is 9.13 Å². The number of nitrogens with two attached hydrogens (primary N) is 1. The molecule has 0 aliphatic rings. The lowest BCUT2D eigenvalue weighted by atomic mass is 9.89. The van der Waals surface area contributed by atoms with E-state index in [1.54, 1.807) is 13.2 Å². The van der Waals surface area contributed by atoms with Crippen LogP contribution in [0.2, 0.25) is 0 Å². The lowest BCUT2D eigenvalue weighted by Crippen LogP contribution is -2.25. The molecule has 1 aromatic carbocycles. The summed E-state index contributed by atoms with van der Waals surface area (Å²) in [6.45, 7) is 5.71. The second kappa shape index (κ2) is 6.56. The van der Waals surface area contributed by atoms with Crippen LogP contribution in [0, 0.1) is 14.8 Å². The second-order valence-corrected chi connectivity index (χ2v) is 6.28. The molecule has 1 rings (SSSR count). The van der Waals surface area contributed by atoms with Crippen molar-refractivity contribution in [3.8, 4) is 0 Å². The molecule has 0 bridgehead atoms. The highest BCUT2D eigenvalue weighted by Gasteiger charge is 2.18. The van der Waals surface area contributed by atoms with Crippen LogP contribution >= 0.6 is 22.6 Å². The molecule has 0 aliphatic carbocycles. The van der Waals surface area contributed by atoms with E-state index < -0.39 is 0 Å². The van der Waals surface area contributed by atoms with Crippen molar-refractivity contribution in [1.82, 2.24) is 0 Å². The Morgan fingerprint density at radius 1 is 1.44 bits per heavy atom. The molecule has 0 aromatic heterocycles. The topological polar surface area (TPSA) is 47.3 Å². The van der Waals surface area contributed by atoms with Crippen LogP contribution < -0.4 is 11.1 Å². The molecule has 5 heteroatoms. The maximum absolute atomic E-state index is 13.5. The van der Waals surface area contributed by atoms with Crippen LogP contribution in [0.4, 0.5) is 15.8 Å². The Hall–Kier alpha value is -0.560. The number of hydrogen-bond donors (Lipinski definition) is 2. The standard InChI is InChI=1S/C13H20FIN2O/c1-13(2,4-5-18-3)8-17-12-6-9(14)10(15)7-11(12)16/h6-7,17H,4-5,8,16H2,1-3H3. The normalized spacial score (nSPS) is 11.6. The van der Waals surface area contributed by atoms with Gasteiger partial charge in [-0.15, -0.1) is 0 Å². The van der Waals surface area contributed by atoms with Crippen molar-refractivity contribution in [3.05, 3.63) is 21.5 Å². The van der Waals surface area contributed by atoms with Crippen LogP contribution in [-0.4, -0.2) is 20.3 Å². The zero-order chi connectivity index (χ0) is 13.8. The predicted octanol–water partition coefficient (Wildman–Crippen LogP) is 3.49. The number of benzene rings is 1. The summed E-state index contributed by atoms with van der Waals surface area (Å²) in [4.78, 5) is 0. The number of hydrogen-bond acceptors (Lipinski definition) is 3. The average molecular weight is 366 g/mol. The smallest absolute Gasteiger partial charge is 0.138 e. The number of anilines is 2. The molecule has 18 heavy (non-hydrogen) atoms. The third-order valence-electron chi connectivity index (χ3n) is 2.83. The van der Waals surface area contributed by atoms with Gasteiger partial charge >= 0.3 is 0 Å². The van der Waals surface area contributed by atoms with Gasteiger partial charge in [-0.1, -0.05) is 13.8 Å². The number of ether oxygens (including phenoxy) is 1. The maximum Gasteiger partial charge on any atom is 0.138 e. The Bertz CT molecular complexity index is 410. The average Bonchev–Trinajstić information content (AvgIpc) is 2.30. The third kappa shape index (κ3) is 4.61. The first-order valence-corrected chi connectivity index (χ1v) is 6.91. The first-order chi connectivity index (χ1) is 8.35. The molecule has 102 valence electrons. The fraction of sp³-hybridized carbons (Fsp3) is 0.538. The summed E-state index contributed by atoms with van der Waals surface area (Å²) < 4.78 is 19.1. The van der Waals surface area contributed by atoms with Crippen LogP contribution in [0.1, 0.15) is 20.3 Å². The van der Waals surface area contributed by atoms with Gasteiger partial charge in [0.25, 0.3) is 0 Å². The maximum atomic E-state index is 13.5. The lowest BCUT2D eigenvalue weighted by molar-refractivity contribution is 0.157. The van der Waals surface area contributed by atoms with Gasteiger partial charge in [0.2, 0.25) is 0 Å². The summed E-state index contributed by atoms with van der Waals surface area (Å²) in [6.07, 6.45) is 0.934. The van der Waals surface area contributed by atoms with Gasteiger partial charge in [0.1, 0.15) is 5.82 Å². The number of rotatable bonds is 6. The number of nitrogen functional groups attached to an aromatic ring is 1. The fourth-order valence-corrected chi connectivity index (χ4v) is 2.01. The SMILES string of the molecule is COCCC(C)(C)CNc1cc(F)c(I)cc1N. The molecule has 0 radical (unpaired) electrons. The van der Waals surface area contributed by atoms with Gasteiger partial charge in [-0.05, 0) is 40.5 Å². The van der Waals surface area contributed by atoms with Gasteiger partial charge in [-0.2, -0.15) is 0 Å². The van der Waals surface area contributed by atoms with E-state index in [0.29, 0.717) is 21.6 Å². The predicted molar refractivity (Wildman–Crippen MR) is 82.3 cm³/mol. The van der Waals surface area contributed by atoms with Crippen molar-refractivity contribution in [3.63, 3.8) is 0 Å². The van der Waals surface area contributed by atoms with Gasteiger partial charge in [0.05, 0.1) is 14.9 Å². The zero-order valence-electron chi connectivity index (χ0n) is 11.0. The van der Waals surface area contributed by atoms with Crippen LogP contribution in [0.25, 0.3) is 0 Å². The van der Waals surface area contributed by atoms with Crippen molar-refractivity contribution >= 4 is 34.0 Å². The fourth-order valence-electron chi connectivity index (χ4n) is 1.52. The summed E-state index contributed by atoms with van der Waals surface area (Å²) in [5, 5.41) is 3.21. The molecule has 0 unspecified atom stereocenters. The Balaban J connectivity index is 2.66. The minimum Gasteiger partial charge on any atom is -0.397 e. The highest BCUT2D eigenvalue weighted by molar-refractivity contribution is 14.1. The molecule has 0 saturated carbocycles. The van der Waals surface area contributed by atoms with E-state index in [-0.39, 0.29) is 11.2 Å². The van der Waals surface area contributed by atoms with Crippen LogP contribution in [-0.2, 0) is 4.74 Å². The first-order valence-electron chi connectivity index (χ1n) is 5.83. The Kier molecular flexibility index (Phi) is 5.65. The second-order valence-electron chi connectivity index (χ2n) is 5.11. The summed E-state index contributed by atoms with van der Waals surface area (Å²) in [6, 6.07) is 3.09. The molecular weight excluding hydrogens is 346 g/mol. The molecule has 3 N–H and O–H groups in total. The quantitative estimate of drug-likeness (QED) is 0.599. The van der Waals surface area contributed by atoms with Gasteiger partial charge in [0, 0.05) is 26.3 Å². The molecule has 3 nitrogen and oxygen atoms in total. The molecule has 1 aromatic rings. The van der Waals surface area contributed by atoms with E-state index in [1.807, 2.05) is 22.6 Å². The third-order valence-corrected chi connectivity index (χ3v) is 3.66. The van der Waals surface area contributed by atoms with Crippen molar-refractivity contribution in [2.24, 2.45) is 5.41 Å². The van der Waals surface area contributed by atoms with Crippen LogP contribution in [0.5, 0.6) is 0 Å². The largest absolute Gasteiger partial charge is 0.397 e. The Morgan fingerprint density at radius 3 is 2.72 bits per heavy atom. The molecule has 0 heterocycles. The molecule has 0 amide bonds. The van der Waals surface area contributed by atoms with Crippen molar-refractivity contribution in [1.29, 1.82) is 0 Å². The van der Waals surface area contributed by atoms with Crippen LogP contribution in [0.3, 0.4) is 0 Å². The minimum atomic E-state index is -0.248. The Labute approximate surface area is 121 Å².